The number of ether oxygens (including phenoxy) is 1. The predicted molar refractivity (Wildman–Crippen MR) is 85.9 cm³/mol. The number of nitrogens with zero attached hydrogens (tertiary/aromatic N) is 1. The number of hydrogen-bond donors (Lipinski definition) is 1. The summed E-state index contributed by atoms with van der Waals surface area (Å²) in [5, 5.41) is 3.65. The SMILES string of the molecule is CCNC(Cc1cncc(Br)c1)C1(OCC)CCCC1. The van der Waals surface area contributed by atoms with Gasteiger partial charge in [0, 0.05) is 29.5 Å². The average molecular weight is 341 g/mol. The van der Waals surface area contributed by atoms with E-state index in [1.807, 2.05) is 12.4 Å². The van der Waals surface area contributed by atoms with Crippen LogP contribution in [0.2, 0.25) is 0 Å². The Bertz CT molecular complexity index is 419. The van der Waals surface area contributed by atoms with E-state index in [4.69, 9.17) is 4.74 Å². The first-order valence-corrected chi connectivity index (χ1v) is 8.46. The van der Waals surface area contributed by atoms with Crippen molar-refractivity contribution in [3.05, 3.63) is 28.5 Å². The van der Waals surface area contributed by atoms with Crippen LogP contribution in [0.5, 0.6) is 0 Å². The Labute approximate surface area is 130 Å². The molecular weight excluding hydrogens is 316 g/mol. The van der Waals surface area contributed by atoms with Crippen LogP contribution in [0.25, 0.3) is 0 Å². The van der Waals surface area contributed by atoms with E-state index < -0.39 is 0 Å². The number of halogens is 1. The van der Waals surface area contributed by atoms with Crippen LogP contribution >= 0.6 is 15.9 Å². The van der Waals surface area contributed by atoms with Crippen LogP contribution in [0, 0.1) is 0 Å². The second-order valence-electron chi connectivity index (χ2n) is 5.53. The fourth-order valence-corrected chi connectivity index (χ4v) is 3.76. The molecule has 4 heteroatoms. The first kappa shape index (κ1) is 15.9. The Balaban J connectivity index is 2.16. The Kier molecular flexibility index (Phi) is 6.00. The van der Waals surface area contributed by atoms with Crippen LogP contribution < -0.4 is 5.32 Å². The van der Waals surface area contributed by atoms with Crippen molar-refractivity contribution < 1.29 is 4.74 Å². The maximum Gasteiger partial charge on any atom is 0.0837 e. The predicted octanol–water partition coefficient (Wildman–Crippen LogP) is 3.71. The molecule has 0 radical (unpaired) electrons. The topological polar surface area (TPSA) is 34.2 Å². The van der Waals surface area contributed by atoms with Gasteiger partial charge < -0.3 is 10.1 Å². The summed E-state index contributed by atoms with van der Waals surface area (Å²) < 4.78 is 7.26. The van der Waals surface area contributed by atoms with E-state index in [0.717, 1.165) is 24.0 Å². The van der Waals surface area contributed by atoms with E-state index in [2.05, 4.69) is 46.1 Å². The molecule has 112 valence electrons. The molecule has 1 unspecified atom stereocenters. The van der Waals surface area contributed by atoms with Crippen LogP contribution in [-0.2, 0) is 11.2 Å². The highest BCUT2D eigenvalue weighted by atomic mass is 79.9. The zero-order valence-electron chi connectivity index (χ0n) is 12.5. The Morgan fingerprint density at radius 1 is 1.35 bits per heavy atom. The molecule has 1 aliphatic rings. The Morgan fingerprint density at radius 3 is 2.70 bits per heavy atom. The molecular formula is C16H25BrN2O. The molecule has 1 aromatic heterocycles. The molecule has 1 N–H and O–H groups in total. The summed E-state index contributed by atoms with van der Waals surface area (Å²) >= 11 is 3.50. The van der Waals surface area contributed by atoms with Crippen molar-refractivity contribution in [1.29, 1.82) is 0 Å². The third-order valence-electron chi connectivity index (χ3n) is 4.17. The summed E-state index contributed by atoms with van der Waals surface area (Å²) in [6, 6.07) is 2.53. The van der Waals surface area contributed by atoms with Crippen molar-refractivity contribution in [3.63, 3.8) is 0 Å². The van der Waals surface area contributed by atoms with E-state index in [0.29, 0.717) is 6.04 Å². The summed E-state index contributed by atoms with van der Waals surface area (Å²) in [5.74, 6) is 0. The summed E-state index contributed by atoms with van der Waals surface area (Å²) in [6.07, 6.45) is 9.65. The lowest BCUT2D eigenvalue weighted by atomic mass is 9.87. The molecule has 20 heavy (non-hydrogen) atoms. The average Bonchev–Trinajstić information content (AvgIpc) is 2.89. The molecule has 3 nitrogen and oxygen atoms in total. The number of nitrogens with one attached hydrogen (secondary N) is 1. The van der Waals surface area contributed by atoms with Crippen molar-refractivity contribution in [2.45, 2.75) is 57.6 Å². The fourth-order valence-electron chi connectivity index (χ4n) is 3.35. The first-order chi connectivity index (χ1) is 9.70. The summed E-state index contributed by atoms with van der Waals surface area (Å²) in [6.45, 7) is 6.03. The molecule has 0 aliphatic heterocycles. The molecule has 0 aromatic carbocycles. The van der Waals surface area contributed by atoms with Gasteiger partial charge in [0.2, 0.25) is 0 Å². The van der Waals surface area contributed by atoms with Crippen molar-refractivity contribution in [2.75, 3.05) is 13.2 Å². The Hall–Kier alpha value is -0.450. The minimum Gasteiger partial charge on any atom is -0.374 e. The van der Waals surface area contributed by atoms with Crippen molar-refractivity contribution in [2.24, 2.45) is 0 Å². The monoisotopic (exact) mass is 340 g/mol. The van der Waals surface area contributed by atoms with Crippen molar-refractivity contribution in [1.82, 2.24) is 10.3 Å². The lowest BCUT2D eigenvalue weighted by Gasteiger charge is -2.38. The third-order valence-corrected chi connectivity index (χ3v) is 4.60. The van der Waals surface area contributed by atoms with E-state index in [-0.39, 0.29) is 5.60 Å². The van der Waals surface area contributed by atoms with Gasteiger partial charge in [-0.05, 0) is 60.3 Å². The van der Waals surface area contributed by atoms with Gasteiger partial charge in [0.1, 0.15) is 0 Å². The molecule has 0 amide bonds. The molecule has 1 atom stereocenters. The first-order valence-electron chi connectivity index (χ1n) is 7.67. The highest BCUT2D eigenvalue weighted by molar-refractivity contribution is 9.10. The van der Waals surface area contributed by atoms with Crippen LogP contribution in [-0.4, -0.2) is 29.8 Å². The van der Waals surface area contributed by atoms with Gasteiger partial charge in [-0.2, -0.15) is 0 Å². The van der Waals surface area contributed by atoms with Gasteiger partial charge in [-0.15, -0.1) is 0 Å². The van der Waals surface area contributed by atoms with Gasteiger partial charge in [-0.25, -0.2) is 0 Å². The lowest BCUT2D eigenvalue weighted by Crippen LogP contribution is -2.52. The number of aromatic nitrogens is 1. The fraction of sp³-hybridized carbons (Fsp3) is 0.688. The summed E-state index contributed by atoms with van der Waals surface area (Å²) in [7, 11) is 0. The second-order valence-corrected chi connectivity index (χ2v) is 6.45. The van der Waals surface area contributed by atoms with Crippen LogP contribution in [0.15, 0.2) is 22.9 Å². The molecule has 0 spiro atoms. The number of rotatable bonds is 7. The van der Waals surface area contributed by atoms with Crippen molar-refractivity contribution in [3.8, 4) is 0 Å². The lowest BCUT2D eigenvalue weighted by molar-refractivity contribution is -0.0609. The molecule has 1 fully saturated rings. The van der Waals surface area contributed by atoms with Crippen LogP contribution in [0.3, 0.4) is 0 Å². The van der Waals surface area contributed by atoms with E-state index in [1.54, 1.807) is 0 Å². The molecule has 1 aromatic rings. The summed E-state index contributed by atoms with van der Waals surface area (Å²) in [4.78, 5) is 4.28. The number of pyridine rings is 1. The van der Waals surface area contributed by atoms with Gasteiger partial charge in [-0.1, -0.05) is 19.8 Å². The number of hydrogen-bond acceptors (Lipinski definition) is 3. The second kappa shape index (κ2) is 7.53. The molecule has 2 rings (SSSR count). The van der Waals surface area contributed by atoms with Gasteiger partial charge in [0.05, 0.1) is 5.60 Å². The summed E-state index contributed by atoms with van der Waals surface area (Å²) in [5.41, 5.74) is 1.27. The molecule has 1 saturated carbocycles. The smallest absolute Gasteiger partial charge is 0.0837 e. The maximum atomic E-state index is 6.21. The van der Waals surface area contributed by atoms with Gasteiger partial charge in [-0.3, -0.25) is 4.98 Å². The largest absolute Gasteiger partial charge is 0.374 e. The van der Waals surface area contributed by atoms with Crippen LogP contribution in [0.4, 0.5) is 0 Å². The van der Waals surface area contributed by atoms with Gasteiger partial charge in [0.25, 0.3) is 0 Å². The van der Waals surface area contributed by atoms with E-state index in [9.17, 15) is 0 Å². The van der Waals surface area contributed by atoms with E-state index in [1.165, 1.54) is 31.2 Å². The quantitative estimate of drug-likeness (QED) is 0.821. The van der Waals surface area contributed by atoms with Crippen LogP contribution in [0.1, 0.15) is 45.1 Å². The minimum absolute atomic E-state index is 0.00702. The van der Waals surface area contributed by atoms with E-state index >= 15 is 0 Å². The molecule has 0 bridgehead atoms. The zero-order valence-corrected chi connectivity index (χ0v) is 14.1. The zero-order chi connectivity index (χ0) is 14.4. The molecule has 0 saturated heterocycles. The minimum atomic E-state index is 0.00702. The standard InChI is InChI=1S/C16H25BrN2O/c1-3-19-15(10-13-9-14(17)12-18-11-13)16(20-4-2)7-5-6-8-16/h9,11-12,15,19H,3-8,10H2,1-2H3. The number of likely N-dealkylation sites (N-methyl/N-ethyl adjacent to an activating group) is 1. The molecule has 1 aliphatic carbocycles. The highest BCUT2D eigenvalue weighted by Gasteiger charge is 2.41. The van der Waals surface area contributed by atoms with Crippen molar-refractivity contribution >= 4 is 15.9 Å². The van der Waals surface area contributed by atoms with Gasteiger partial charge in [0.15, 0.2) is 0 Å². The van der Waals surface area contributed by atoms with Gasteiger partial charge >= 0.3 is 0 Å². The Morgan fingerprint density at radius 2 is 2.10 bits per heavy atom. The maximum absolute atomic E-state index is 6.21. The highest BCUT2D eigenvalue weighted by Crippen LogP contribution is 2.37. The normalized spacial score (nSPS) is 19.1. The molecule has 1 heterocycles. The third kappa shape index (κ3) is 3.80.